The van der Waals surface area contributed by atoms with Crippen molar-refractivity contribution in [2.24, 2.45) is 0 Å². The van der Waals surface area contributed by atoms with Gasteiger partial charge in [0, 0.05) is 36.0 Å². The Morgan fingerprint density at radius 3 is 1.91 bits per heavy atom. The van der Waals surface area contributed by atoms with Crippen LogP contribution < -0.4 is 25.7 Å². The van der Waals surface area contributed by atoms with Gasteiger partial charge in [-0.25, -0.2) is 9.59 Å². The predicted molar refractivity (Wildman–Crippen MR) is 223 cm³/mol. The summed E-state index contributed by atoms with van der Waals surface area (Å²) in [6.07, 6.45) is 5.93. The van der Waals surface area contributed by atoms with Gasteiger partial charge in [-0.1, -0.05) is 45.4 Å². The lowest BCUT2D eigenvalue weighted by molar-refractivity contribution is -0.138. The van der Waals surface area contributed by atoms with Crippen LogP contribution in [0.15, 0.2) is 79.4 Å². The summed E-state index contributed by atoms with van der Waals surface area (Å²) in [5.74, 6) is 0.601. The van der Waals surface area contributed by atoms with Gasteiger partial charge in [-0.3, -0.25) is 4.79 Å². The number of nitrogen functional groups attached to an aromatic ring is 2. The molecule has 58 heavy (non-hydrogen) atoms. The van der Waals surface area contributed by atoms with Crippen LogP contribution in [0.2, 0.25) is 0 Å². The number of ether oxygens (including phenoxy) is 6. The first-order valence-corrected chi connectivity index (χ1v) is 19.2. The van der Waals surface area contributed by atoms with Crippen LogP contribution in [-0.4, -0.2) is 71.7 Å². The van der Waals surface area contributed by atoms with Gasteiger partial charge < -0.3 is 39.9 Å². The molecule has 0 aliphatic carbocycles. The number of aldehydes is 1. The summed E-state index contributed by atoms with van der Waals surface area (Å²) in [5.41, 5.74) is 13.8. The molecule has 0 heterocycles. The molecular formula is C44H61F3N2O9. The SMILES string of the molecule is C=CCOCCCC.CC.COc1cc(C=O)ccc1OCCCC(F)(F)F.COc1ccc(/C=C/C(=O)OCCCCCCOC(=O)c2cc(N)cc(N)c2)cc1. The average Bonchev–Trinajstić information content (AvgIpc) is 3.22. The maximum absolute atomic E-state index is 12.0. The van der Waals surface area contributed by atoms with Crippen molar-refractivity contribution < 1.29 is 56.0 Å². The normalized spacial score (nSPS) is 10.3. The third kappa shape index (κ3) is 26.4. The lowest BCUT2D eigenvalue weighted by Crippen LogP contribution is -2.10. The molecule has 0 radical (unpaired) electrons. The molecule has 0 aliphatic rings. The topological polar surface area (TPSA) is 159 Å². The molecule has 11 nitrogen and oxygen atoms in total. The molecule has 0 spiro atoms. The van der Waals surface area contributed by atoms with Gasteiger partial charge in [0.05, 0.1) is 46.2 Å². The van der Waals surface area contributed by atoms with Crippen molar-refractivity contribution >= 4 is 35.7 Å². The van der Waals surface area contributed by atoms with E-state index < -0.39 is 18.6 Å². The van der Waals surface area contributed by atoms with Crippen molar-refractivity contribution in [3.63, 3.8) is 0 Å². The van der Waals surface area contributed by atoms with Crippen LogP contribution >= 0.6 is 0 Å². The molecule has 0 atom stereocenters. The molecule has 0 aromatic heterocycles. The molecule has 0 aliphatic heterocycles. The maximum atomic E-state index is 12.0. The van der Waals surface area contributed by atoms with E-state index >= 15 is 0 Å². The number of hydrogen-bond acceptors (Lipinski definition) is 11. The van der Waals surface area contributed by atoms with E-state index in [9.17, 15) is 27.6 Å². The summed E-state index contributed by atoms with van der Waals surface area (Å²) in [7, 11) is 3.00. The van der Waals surface area contributed by atoms with E-state index in [4.69, 9.17) is 39.9 Å². The van der Waals surface area contributed by atoms with Crippen molar-refractivity contribution in [2.75, 3.05) is 58.7 Å². The van der Waals surface area contributed by atoms with Crippen LogP contribution in [0.5, 0.6) is 17.2 Å². The minimum Gasteiger partial charge on any atom is -0.497 e. The van der Waals surface area contributed by atoms with Crippen LogP contribution in [-0.2, 0) is 19.0 Å². The molecule has 0 saturated carbocycles. The number of benzene rings is 3. The molecule has 4 N–H and O–H groups in total. The maximum Gasteiger partial charge on any atom is 0.389 e. The third-order valence-corrected chi connectivity index (χ3v) is 7.32. The van der Waals surface area contributed by atoms with E-state index in [1.807, 2.05) is 38.1 Å². The number of anilines is 2. The Morgan fingerprint density at radius 2 is 1.36 bits per heavy atom. The van der Waals surface area contributed by atoms with Gasteiger partial charge >= 0.3 is 18.1 Å². The van der Waals surface area contributed by atoms with Crippen LogP contribution in [0.1, 0.15) is 98.4 Å². The van der Waals surface area contributed by atoms with Crippen LogP contribution in [0.4, 0.5) is 24.5 Å². The molecule has 0 saturated heterocycles. The number of carbonyl (C=O) groups is 3. The summed E-state index contributed by atoms with van der Waals surface area (Å²) in [6, 6.07) is 16.5. The first kappa shape index (κ1) is 52.5. The van der Waals surface area contributed by atoms with E-state index in [-0.39, 0.29) is 19.0 Å². The molecule has 0 unspecified atom stereocenters. The fourth-order valence-electron chi connectivity index (χ4n) is 4.44. The Kier molecular flexibility index (Phi) is 29.5. The number of hydrogen-bond donors (Lipinski definition) is 2. The van der Waals surface area contributed by atoms with E-state index in [0.29, 0.717) is 60.1 Å². The molecule has 3 aromatic carbocycles. The van der Waals surface area contributed by atoms with Gasteiger partial charge in [0.25, 0.3) is 0 Å². The Labute approximate surface area is 341 Å². The van der Waals surface area contributed by atoms with Crippen molar-refractivity contribution in [1.29, 1.82) is 0 Å². The Balaban J connectivity index is 0.000000978. The summed E-state index contributed by atoms with van der Waals surface area (Å²) in [4.78, 5) is 34.2. The van der Waals surface area contributed by atoms with Crippen LogP contribution in [0.25, 0.3) is 6.08 Å². The van der Waals surface area contributed by atoms with Gasteiger partial charge in [-0.05, 0) is 98.7 Å². The fraction of sp³-hybridized carbons (Fsp3) is 0.432. The fourth-order valence-corrected chi connectivity index (χ4v) is 4.44. The number of carbonyl (C=O) groups excluding carboxylic acids is 3. The highest BCUT2D eigenvalue weighted by Gasteiger charge is 2.26. The number of nitrogens with two attached hydrogens (primary N) is 2. The van der Waals surface area contributed by atoms with Crippen molar-refractivity contribution in [2.45, 2.75) is 78.3 Å². The summed E-state index contributed by atoms with van der Waals surface area (Å²) in [6.45, 7) is 11.9. The molecule has 0 amide bonds. The lowest BCUT2D eigenvalue weighted by atomic mass is 10.2. The minimum atomic E-state index is -4.17. The molecule has 0 bridgehead atoms. The highest BCUT2D eigenvalue weighted by Crippen LogP contribution is 2.28. The predicted octanol–water partition coefficient (Wildman–Crippen LogP) is 10.1. The van der Waals surface area contributed by atoms with Gasteiger partial charge in [0.15, 0.2) is 11.5 Å². The second-order valence-electron chi connectivity index (χ2n) is 12.0. The largest absolute Gasteiger partial charge is 0.497 e. The molecular weight excluding hydrogens is 757 g/mol. The van der Waals surface area contributed by atoms with E-state index in [2.05, 4.69) is 13.5 Å². The van der Waals surface area contributed by atoms with Crippen molar-refractivity contribution in [3.8, 4) is 17.2 Å². The zero-order valence-corrected chi connectivity index (χ0v) is 34.4. The Morgan fingerprint density at radius 1 is 0.741 bits per heavy atom. The zero-order chi connectivity index (χ0) is 43.6. The van der Waals surface area contributed by atoms with E-state index in [1.54, 1.807) is 25.3 Å². The summed E-state index contributed by atoms with van der Waals surface area (Å²) < 4.78 is 66.5. The average molecular weight is 819 g/mol. The standard InChI is InChI=1S/C23H28N2O5.C12H13F3O3.C7H14O.C2H6/c1-28-21-9-6-17(7-10-21)8-11-22(26)29-12-4-2-3-5-13-30-23(27)18-14-19(24)16-20(25)15-18;1-17-11-7-9(8-16)3-4-10(11)18-6-2-5-12(13,14)15;1-3-5-7-8-6-4-2;1-2/h6-11,14-16H,2-5,12-13,24-25H2,1H3;3-4,7-8H,2,5-6H2,1H3;4H,2-3,5-7H2,1H3;1-2H3/b11-8+;;;. The Hall–Kier alpha value is -5.50. The Bertz CT molecular complexity index is 1590. The van der Waals surface area contributed by atoms with Crippen LogP contribution in [0, 0.1) is 0 Å². The third-order valence-electron chi connectivity index (χ3n) is 7.32. The number of esters is 2. The summed E-state index contributed by atoms with van der Waals surface area (Å²) in [5, 5.41) is 0. The number of methoxy groups -OCH3 is 2. The second-order valence-corrected chi connectivity index (χ2v) is 12.0. The number of rotatable bonds is 22. The number of alkyl halides is 3. The van der Waals surface area contributed by atoms with Gasteiger partial charge in [-0.2, -0.15) is 13.2 Å². The summed E-state index contributed by atoms with van der Waals surface area (Å²) >= 11 is 0. The van der Waals surface area contributed by atoms with E-state index in [1.165, 1.54) is 49.9 Å². The number of halogens is 3. The molecule has 3 aromatic rings. The monoisotopic (exact) mass is 818 g/mol. The van der Waals surface area contributed by atoms with Gasteiger partial charge in [0.2, 0.25) is 0 Å². The molecule has 3 rings (SSSR count). The van der Waals surface area contributed by atoms with Crippen LogP contribution in [0.3, 0.4) is 0 Å². The highest BCUT2D eigenvalue weighted by molar-refractivity contribution is 5.91. The first-order valence-electron chi connectivity index (χ1n) is 19.2. The first-order chi connectivity index (χ1) is 27.8. The lowest BCUT2D eigenvalue weighted by Gasteiger charge is -2.11. The molecule has 0 fully saturated rings. The quantitative estimate of drug-likeness (QED) is 0.0248. The second kappa shape index (κ2) is 32.6. The molecule has 322 valence electrons. The number of unbranched alkanes of at least 4 members (excludes halogenated alkanes) is 4. The zero-order valence-electron chi connectivity index (χ0n) is 34.4. The van der Waals surface area contributed by atoms with E-state index in [0.717, 1.165) is 50.0 Å². The van der Waals surface area contributed by atoms with Gasteiger partial charge in [0.1, 0.15) is 12.0 Å². The highest BCUT2D eigenvalue weighted by atomic mass is 19.4. The smallest absolute Gasteiger partial charge is 0.389 e. The van der Waals surface area contributed by atoms with Crippen molar-refractivity contribution in [1.82, 2.24) is 0 Å². The molecule has 14 heteroatoms. The van der Waals surface area contributed by atoms with Gasteiger partial charge in [-0.15, -0.1) is 6.58 Å². The minimum absolute atomic E-state index is 0.0592. The van der Waals surface area contributed by atoms with Crippen molar-refractivity contribution in [3.05, 3.63) is 96.1 Å².